The Morgan fingerprint density at radius 2 is 1.77 bits per heavy atom. The van der Waals surface area contributed by atoms with Gasteiger partial charge in [-0.15, -0.1) is 0 Å². The van der Waals surface area contributed by atoms with E-state index in [1.807, 2.05) is 25.1 Å². The topological polar surface area (TPSA) is 84.5 Å². The Kier molecular flexibility index (Phi) is 5.62. The van der Waals surface area contributed by atoms with E-state index in [4.69, 9.17) is 4.74 Å². The van der Waals surface area contributed by atoms with Crippen LogP contribution in [0.25, 0.3) is 6.08 Å². The number of fused-ring (bicyclic) bond motifs is 1. The lowest BCUT2D eigenvalue weighted by molar-refractivity contribution is -0.118. The maximum absolute atomic E-state index is 12.6. The van der Waals surface area contributed by atoms with Gasteiger partial charge < -0.3 is 15.4 Å². The molecule has 1 aliphatic heterocycles. The summed E-state index contributed by atoms with van der Waals surface area (Å²) in [6.45, 7) is 1.93. The van der Waals surface area contributed by atoms with Crippen LogP contribution in [0, 0.1) is 6.92 Å². The van der Waals surface area contributed by atoms with Gasteiger partial charge in [-0.3, -0.25) is 14.4 Å². The lowest BCUT2D eigenvalue weighted by atomic mass is 10.1. The van der Waals surface area contributed by atoms with E-state index < -0.39 is 0 Å². The summed E-state index contributed by atoms with van der Waals surface area (Å²) in [6, 6.07) is 19.5. The van der Waals surface area contributed by atoms with Crippen molar-refractivity contribution in [2.24, 2.45) is 0 Å². The fourth-order valence-electron chi connectivity index (χ4n) is 3.13. The van der Waals surface area contributed by atoms with Gasteiger partial charge >= 0.3 is 0 Å². The van der Waals surface area contributed by atoms with Gasteiger partial charge in [0.1, 0.15) is 5.75 Å². The lowest BCUT2D eigenvalue weighted by Gasteiger charge is -2.17. The minimum Gasteiger partial charge on any atom is -0.482 e. The molecule has 2 N–H and O–H groups in total. The SMILES string of the molecule is Cc1ccc(C(=O)Nc2cccc(/C=C/C(=O)c3ccc4c(c3)NC(=O)CO4)c2)cc1. The second-order valence-electron chi connectivity index (χ2n) is 7.19. The number of hydrogen-bond donors (Lipinski definition) is 2. The van der Waals surface area contributed by atoms with Gasteiger partial charge in [-0.1, -0.05) is 35.9 Å². The maximum Gasteiger partial charge on any atom is 0.262 e. The Bertz CT molecular complexity index is 1200. The molecule has 0 unspecified atom stereocenters. The van der Waals surface area contributed by atoms with E-state index in [1.165, 1.54) is 6.08 Å². The molecule has 0 radical (unpaired) electrons. The Hall–Kier alpha value is -4.19. The molecule has 0 atom stereocenters. The summed E-state index contributed by atoms with van der Waals surface area (Å²) in [5.41, 5.74) is 3.98. The van der Waals surface area contributed by atoms with Gasteiger partial charge in [0.15, 0.2) is 12.4 Å². The van der Waals surface area contributed by atoms with Crippen molar-refractivity contribution in [3.05, 3.63) is 95.1 Å². The molecule has 3 aromatic rings. The average molecular weight is 412 g/mol. The minimum atomic E-state index is -0.253. The molecule has 0 aliphatic carbocycles. The summed E-state index contributed by atoms with van der Waals surface area (Å²) in [5.74, 6) is -0.124. The molecule has 6 nitrogen and oxygen atoms in total. The second-order valence-corrected chi connectivity index (χ2v) is 7.19. The molecule has 0 spiro atoms. The summed E-state index contributed by atoms with van der Waals surface area (Å²) < 4.78 is 5.31. The highest BCUT2D eigenvalue weighted by Gasteiger charge is 2.17. The molecule has 0 fully saturated rings. The zero-order valence-electron chi connectivity index (χ0n) is 16.8. The van der Waals surface area contributed by atoms with E-state index in [0.29, 0.717) is 28.3 Å². The molecule has 3 aromatic carbocycles. The standard InChI is InChI=1S/C25H20N2O4/c1-16-5-8-18(9-6-16)25(30)26-20-4-2-3-17(13-20)7-11-22(28)19-10-12-23-21(14-19)27-24(29)15-31-23/h2-14H,15H2,1H3,(H,26,30)(H,27,29)/b11-7+. The van der Waals surface area contributed by atoms with Crippen molar-refractivity contribution < 1.29 is 19.1 Å². The molecule has 31 heavy (non-hydrogen) atoms. The smallest absolute Gasteiger partial charge is 0.262 e. The van der Waals surface area contributed by atoms with Gasteiger partial charge in [0.25, 0.3) is 11.8 Å². The number of hydrogen-bond acceptors (Lipinski definition) is 4. The highest BCUT2D eigenvalue weighted by atomic mass is 16.5. The monoisotopic (exact) mass is 412 g/mol. The predicted molar refractivity (Wildman–Crippen MR) is 120 cm³/mol. The van der Waals surface area contributed by atoms with Crippen molar-refractivity contribution in [1.82, 2.24) is 0 Å². The number of amides is 2. The molecule has 0 bridgehead atoms. The van der Waals surface area contributed by atoms with Gasteiger partial charge in [0, 0.05) is 16.8 Å². The third-order valence-corrected chi connectivity index (χ3v) is 4.78. The molecule has 0 saturated heterocycles. The van der Waals surface area contributed by atoms with Gasteiger partial charge in [0.2, 0.25) is 0 Å². The highest BCUT2D eigenvalue weighted by molar-refractivity contribution is 6.08. The largest absolute Gasteiger partial charge is 0.482 e. The highest BCUT2D eigenvalue weighted by Crippen LogP contribution is 2.28. The van der Waals surface area contributed by atoms with Crippen LogP contribution in [-0.2, 0) is 4.79 Å². The number of allylic oxidation sites excluding steroid dienone is 1. The summed E-state index contributed by atoms with van der Waals surface area (Å²) in [6.07, 6.45) is 3.13. The minimum absolute atomic E-state index is 0.0308. The van der Waals surface area contributed by atoms with E-state index >= 15 is 0 Å². The van der Waals surface area contributed by atoms with E-state index in [0.717, 1.165) is 11.1 Å². The first-order chi connectivity index (χ1) is 15.0. The number of benzene rings is 3. The van der Waals surface area contributed by atoms with Crippen molar-refractivity contribution in [2.45, 2.75) is 6.92 Å². The van der Waals surface area contributed by atoms with E-state index in [9.17, 15) is 14.4 Å². The van der Waals surface area contributed by atoms with Crippen LogP contribution in [0.2, 0.25) is 0 Å². The first-order valence-electron chi connectivity index (χ1n) is 9.75. The van der Waals surface area contributed by atoms with Crippen LogP contribution in [0.15, 0.2) is 72.8 Å². The van der Waals surface area contributed by atoms with Crippen LogP contribution >= 0.6 is 0 Å². The molecule has 1 aliphatic rings. The molecule has 154 valence electrons. The van der Waals surface area contributed by atoms with Gasteiger partial charge in [-0.05, 0) is 61.0 Å². The second kappa shape index (κ2) is 8.67. The van der Waals surface area contributed by atoms with Gasteiger partial charge in [-0.2, -0.15) is 0 Å². The van der Waals surface area contributed by atoms with Crippen molar-refractivity contribution >= 4 is 35.0 Å². The Balaban J connectivity index is 1.45. The number of carbonyl (C=O) groups is 3. The van der Waals surface area contributed by atoms with Crippen molar-refractivity contribution in [3.8, 4) is 5.75 Å². The quantitative estimate of drug-likeness (QED) is 0.478. The molecular formula is C25H20N2O4. The first-order valence-corrected chi connectivity index (χ1v) is 9.75. The van der Waals surface area contributed by atoms with Crippen molar-refractivity contribution in [1.29, 1.82) is 0 Å². The lowest BCUT2D eigenvalue weighted by Crippen LogP contribution is -2.25. The number of nitrogens with one attached hydrogen (secondary N) is 2. The fourth-order valence-corrected chi connectivity index (χ4v) is 3.13. The molecule has 0 saturated carbocycles. The van der Waals surface area contributed by atoms with Gasteiger partial charge in [0.05, 0.1) is 5.69 Å². The summed E-state index contributed by atoms with van der Waals surface area (Å²) in [5, 5.41) is 5.55. The Morgan fingerprint density at radius 1 is 1.00 bits per heavy atom. The maximum atomic E-state index is 12.6. The van der Waals surface area contributed by atoms with Crippen LogP contribution in [-0.4, -0.2) is 24.2 Å². The van der Waals surface area contributed by atoms with Crippen LogP contribution in [0.3, 0.4) is 0 Å². The number of aryl methyl sites for hydroxylation is 1. The molecule has 6 heteroatoms. The van der Waals surface area contributed by atoms with Crippen molar-refractivity contribution in [2.75, 3.05) is 17.2 Å². The first kappa shape index (κ1) is 20.1. The van der Waals surface area contributed by atoms with Crippen LogP contribution in [0.4, 0.5) is 11.4 Å². The number of ether oxygens (including phenoxy) is 1. The van der Waals surface area contributed by atoms with E-state index in [-0.39, 0.29) is 24.2 Å². The number of ketones is 1. The van der Waals surface area contributed by atoms with Crippen molar-refractivity contribution in [3.63, 3.8) is 0 Å². The van der Waals surface area contributed by atoms with Crippen LogP contribution in [0.5, 0.6) is 5.75 Å². The number of rotatable bonds is 5. The molecule has 0 aromatic heterocycles. The number of carbonyl (C=O) groups excluding carboxylic acids is 3. The number of anilines is 2. The molecule has 1 heterocycles. The third kappa shape index (κ3) is 4.87. The molecular weight excluding hydrogens is 392 g/mol. The summed E-state index contributed by atoms with van der Waals surface area (Å²) >= 11 is 0. The zero-order chi connectivity index (χ0) is 21.8. The van der Waals surface area contributed by atoms with Gasteiger partial charge in [-0.25, -0.2) is 0 Å². The normalized spacial score (nSPS) is 12.6. The fraction of sp³-hybridized carbons (Fsp3) is 0.0800. The Morgan fingerprint density at radius 3 is 2.58 bits per heavy atom. The van der Waals surface area contributed by atoms with Crippen LogP contribution in [0.1, 0.15) is 31.8 Å². The van der Waals surface area contributed by atoms with Crippen LogP contribution < -0.4 is 15.4 Å². The summed E-state index contributed by atoms with van der Waals surface area (Å²) in [7, 11) is 0. The molecule has 4 rings (SSSR count). The predicted octanol–water partition coefficient (Wildman–Crippen LogP) is 4.47. The molecule has 2 amide bonds. The zero-order valence-corrected chi connectivity index (χ0v) is 16.8. The third-order valence-electron chi connectivity index (χ3n) is 4.78. The Labute approximate surface area is 179 Å². The average Bonchev–Trinajstić information content (AvgIpc) is 2.77. The summed E-state index contributed by atoms with van der Waals surface area (Å²) in [4.78, 5) is 36.4. The van der Waals surface area contributed by atoms with E-state index in [1.54, 1.807) is 54.6 Å². The van der Waals surface area contributed by atoms with E-state index in [2.05, 4.69) is 10.6 Å².